The number of primary amides is 1. The van der Waals surface area contributed by atoms with Crippen LogP contribution >= 0.6 is 0 Å². The molecule has 32 heavy (non-hydrogen) atoms. The highest BCUT2D eigenvalue weighted by Crippen LogP contribution is 2.37. The lowest BCUT2D eigenvalue weighted by Gasteiger charge is -2.30. The fraction of sp³-hybridized carbons (Fsp3) is 0.417. The van der Waals surface area contributed by atoms with Gasteiger partial charge in [0.05, 0.1) is 20.3 Å². The van der Waals surface area contributed by atoms with Crippen LogP contribution in [0.15, 0.2) is 30.5 Å². The maximum absolute atomic E-state index is 12.3. The Labute approximate surface area is 188 Å². The van der Waals surface area contributed by atoms with Crippen molar-refractivity contribution in [2.45, 2.75) is 25.8 Å². The molecule has 1 amide bonds. The van der Waals surface area contributed by atoms with E-state index in [2.05, 4.69) is 34.3 Å². The number of carbonyl (C=O) groups is 1. The van der Waals surface area contributed by atoms with Gasteiger partial charge in [0, 0.05) is 37.2 Å². The van der Waals surface area contributed by atoms with Crippen molar-refractivity contribution in [2.24, 2.45) is 11.7 Å². The van der Waals surface area contributed by atoms with E-state index in [9.17, 15) is 4.79 Å². The van der Waals surface area contributed by atoms with Gasteiger partial charge in [0.2, 0.25) is 0 Å². The van der Waals surface area contributed by atoms with Crippen LogP contribution in [0.25, 0.3) is 0 Å². The Morgan fingerprint density at radius 1 is 1.22 bits per heavy atom. The maximum atomic E-state index is 12.3. The van der Waals surface area contributed by atoms with E-state index in [1.54, 1.807) is 20.3 Å². The molecule has 0 bridgehead atoms. The lowest BCUT2D eigenvalue weighted by molar-refractivity contribution is 0.100. The van der Waals surface area contributed by atoms with Gasteiger partial charge in [-0.3, -0.25) is 4.79 Å². The molecule has 0 saturated carbocycles. The number of likely N-dealkylation sites (tertiary alicyclic amines) is 1. The van der Waals surface area contributed by atoms with Crippen LogP contribution in [0.3, 0.4) is 0 Å². The van der Waals surface area contributed by atoms with E-state index >= 15 is 0 Å². The van der Waals surface area contributed by atoms with E-state index in [4.69, 9.17) is 20.3 Å². The molecule has 1 saturated heterocycles. The van der Waals surface area contributed by atoms with Crippen molar-refractivity contribution >= 4 is 11.7 Å². The number of nitrogens with zero attached hydrogens (tertiary/aromatic N) is 3. The van der Waals surface area contributed by atoms with Gasteiger partial charge in [-0.15, -0.1) is 0 Å². The van der Waals surface area contributed by atoms with E-state index in [1.807, 2.05) is 23.7 Å². The highest BCUT2D eigenvalue weighted by molar-refractivity contribution is 6.00. The van der Waals surface area contributed by atoms with E-state index in [1.165, 1.54) is 0 Å². The van der Waals surface area contributed by atoms with Crippen molar-refractivity contribution in [1.82, 2.24) is 14.7 Å². The fourth-order valence-corrected chi connectivity index (χ4v) is 4.55. The van der Waals surface area contributed by atoms with Crippen LogP contribution in [0.1, 0.15) is 47.4 Å². The molecule has 168 valence electrons. The molecule has 0 aliphatic carbocycles. The van der Waals surface area contributed by atoms with Crippen molar-refractivity contribution in [3.05, 3.63) is 47.3 Å². The van der Waals surface area contributed by atoms with Gasteiger partial charge in [-0.1, -0.05) is 12.0 Å². The number of benzene rings is 1. The zero-order valence-corrected chi connectivity index (χ0v) is 18.7. The lowest BCUT2D eigenvalue weighted by Crippen LogP contribution is -2.31. The monoisotopic (exact) mass is 435 g/mol. The molecule has 2 atom stereocenters. The van der Waals surface area contributed by atoms with Crippen molar-refractivity contribution in [3.8, 4) is 23.3 Å². The zero-order valence-electron chi connectivity index (χ0n) is 18.7. The van der Waals surface area contributed by atoms with Crippen LogP contribution in [-0.2, 0) is 0 Å². The highest BCUT2D eigenvalue weighted by atomic mass is 16.5. The normalized spacial score (nSPS) is 19.8. The molecular weight excluding hydrogens is 406 g/mol. The summed E-state index contributed by atoms with van der Waals surface area (Å²) in [6, 6.07) is 5.60. The number of nitrogens with two attached hydrogens (primary N) is 1. The molecule has 4 rings (SSSR count). The molecule has 1 aromatic heterocycles. The van der Waals surface area contributed by atoms with Gasteiger partial charge >= 0.3 is 0 Å². The molecule has 8 nitrogen and oxygen atoms in total. The zero-order chi connectivity index (χ0) is 22.7. The van der Waals surface area contributed by atoms with Gasteiger partial charge < -0.3 is 25.4 Å². The molecule has 3 N–H and O–H groups in total. The van der Waals surface area contributed by atoms with Crippen molar-refractivity contribution < 1.29 is 14.3 Å². The van der Waals surface area contributed by atoms with Gasteiger partial charge in [-0.2, -0.15) is 5.10 Å². The predicted molar refractivity (Wildman–Crippen MR) is 123 cm³/mol. The van der Waals surface area contributed by atoms with Gasteiger partial charge in [0.25, 0.3) is 5.91 Å². The maximum Gasteiger partial charge on any atom is 0.255 e. The summed E-state index contributed by atoms with van der Waals surface area (Å²) in [7, 11) is 3.18. The predicted octanol–water partition coefficient (Wildman–Crippen LogP) is 2.61. The number of nitrogens with one attached hydrogen (secondary N) is 1. The number of anilines is 1. The minimum absolute atomic E-state index is 0.201. The second-order valence-electron chi connectivity index (χ2n) is 8.04. The van der Waals surface area contributed by atoms with Crippen molar-refractivity contribution in [2.75, 3.05) is 39.2 Å². The molecule has 3 heterocycles. The Morgan fingerprint density at radius 3 is 2.62 bits per heavy atom. The Kier molecular flexibility index (Phi) is 6.26. The number of methoxy groups -OCH3 is 2. The summed E-state index contributed by atoms with van der Waals surface area (Å²) in [5.74, 6) is 8.01. The Bertz CT molecular complexity index is 1070. The Morgan fingerprint density at radius 2 is 1.97 bits per heavy atom. The lowest BCUT2D eigenvalue weighted by atomic mass is 9.95. The first-order chi connectivity index (χ1) is 15.5. The summed E-state index contributed by atoms with van der Waals surface area (Å²) >= 11 is 0. The number of hydrogen-bond acceptors (Lipinski definition) is 6. The number of ether oxygens (including phenoxy) is 2. The number of rotatable bonds is 5. The van der Waals surface area contributed by atoms with Crippen LogP contribution in [-0.4, -0.2) is 54.4 Å². The SMILES string of the molecule is CC=CN1CCC(C2CCNc3c(C(N)=O)c(C#Cc4cc(OC)cc(OC)c4)nn32)C1. The molecule has 2 aliphatic heterocycles. The number of aromatic nitrogens is 2. The summed E-state index contributed by atoms with van der Waals surface area (Å²) in [5.41, 5.74) is 7.18. The minimum Gasteiger partial charge on any atom is -0.497 e. The first kappa shape index (κ1) is 21.6. The number of allylic oxidation sites excluding steroid dienone is 1. The van der Waals surface area contributed by atoms with Crippen LogP contribution in [0, 0.1) is 17.8 Å². The molecular formula is C24H29N5O3. The van der Waals surface area contributed by atoms with E-state index < -0.39 is 5.91 Å². The van der Waals surface area contributed by atoms with Crippen LogP contribution in [0.5, 0.6) is 11.5 Å². The first-order valence-corrected chi connectivity index (χ1v) is 10.8. The molecule has 1 fully saturated rings. The third-order valence-corrected chi connectivity index (χ3v) is 6.04. The molecule has 2 unspecified atom stereocenters. The molecule has 8 heteroatoms. The number of carbonyl (C=O) groups excluding carboxylic acids is 1. The third-order valence-electron chi connectivity index (χ3n) is 6.04. The minimum atomic E-state index is -0.533. The summed E-state index contributed by atoms with van der Waals surface area (Å²) < 4.78 is 12.6. The third kappa shape index (κ3) is 4.24. The molecule has 2 aliphatic rings. The number of amides is 1. The average Bonchev–Trinajstić information content (AvgIpc) is 3.41. The molecule has 0 spiro atoms. The van der Waals surface area contributed by atoms with Gasteiger partial charge in [-0.25, -0.2) is 4.68 Å². The summed E-state index contributed by atoms with van der Waals surface area (Å²) in [6.45, 7) is 4.82. The smallest absolute Gasteiger partial charge is 0.255 e. The fourth-order valence-electron chi connectivity index (χ4n) is 4.55. The van der Waals surface area contributed by atoms with Gasteiger partial charge in [0.15, 0.2) is 5.69 Å². The van der Waals surface area contributed by atoms with Crippen LogP contribution < -0.4 is 20.5 Å². The van der Waals surface area contributed by atoms with Gasteiger partial charge in [-0.05, 0) is 44.0 Å². The number of hydrogen-bond donors (Lipinski definition) is 2. The summed E-state index contributed by atoms with van der Waals surface area (Å²) in [5, 5.41) is 8.07. The average molecular weight is 436 g/mol. The molecule has 1 aromatic carbocycles. The first-order valence-electron chi connectivity index (χ1n) is 10.8. The Hall–Kier alpha value is -3.60. The highest BCUT2D eigenvalue weighted by Gasteiger charge is 2.35. The standard InChI is InChI=1S/C24H29N5O3/c1-4-10-28-11-8-17(15-28)21-7-9-26-24-22(23(25)30)20(27-29(21)24)6-5-16-12-18(31-2)14-19(13-16)32-3/h4,10,12-14,17,21,26H,7-9,11,15H2,1-3H3,(H2,25,30). The second-order valence-corrected chi connectivity index (χ2v) is 8.04. The van der Waals surface area contributed by atoms with Crippen molar-refractivity contribution in [3.63, 3.8) is 0 Å². The quantitative estimate of drug-likeness (QED) is 0.701. The van der Waals surface area contributed by atoms with E-state index in [0.29, 0.717) is 40.1 Å². The Balaban J connectivity index is 1.69. The largest absolute Gasteiger partial charge is 0.497 e. The van der Waals surface area contributed by atoms with Crippen LogP contribution in [0.4, 0.5) is 5.82 Å². The van der Waals surface area contributed by atoms with Crippen LogP contribution in [0.2, 0.25) is 0 Å². The summed E-state index contributed by atoms with van der Waals surface area (Å²) in [6.07, 6.45) is 6.24. The second kappa shape index (κ2) is 9.27. The van der Waals surface area contributed by atoms with Crippen molar-refractivity contribution in [1.29, 1.82) is 0 Å². The molecule has 0 radical (unpaired) electrons. The van der Waals surface area contributed by atoms with E-state index in [0.717, 1.165) is 32.5 Å². The van der Waals surface area contributed by atoms with E-state index in [-0.39, 0.29) is 6.04 Å². The van der Waals surface area contributed by atoms with Gasteiger partial charge in [0.1, 0.15) is 22.9 Å². The topological polar surface area (TPSA) is 94.6 Å². The summed E-state index contributed by atoms with van der Waals surface area (Å²) in [4.78, 5) is 14.7. The number of fused-ring (bicyclic) bond motifs is 1. The molecule has 2 aromatic rings.